The van der Waals surface area contributed by atoms with Crippen molar-refractivity contribution >= 4 is 21.7 Å². The molecule has 0 amide bonds. The van der Waals surface area contributed by atoms with Crippen molar-refractivity contribution in [2.24, 2.45) is 0 Å². The van der Waals surface area contributed by atoms with E-state index in [1.165, 1.54) is 24.3 Å². The highest BCUT2D eigenvalue weighted by Gasteiger charge is 2.17. The average molecular weight is 320 g/mol. The van der Waals surface area contributed by atoms with Crippen molar-refractivity contribution in [3.05, 3.63) is 59.1 Å². The lowest BCUT2D eigenvalue weighted by Crippen LogP contribution is -2.14. The summed E-state index contributed by atoms with van der Waals surface area (Å²) in [5.74, 6) is 0.0705. The molecule has 0 bridgehead atoms. The molecule has 0 spiro atoms. The lowest BCUT2D eigenvalue weighted by Gasteiger charge is -2.14. The van der Waals surface area contributed by atoms with Crippen molar-refractivity contribution in [3.63, 3.8) is 0 Å². The molecule has 1 N–H and O–H groups in total. The van der Waals surface area contributed by atoms with E-state index in [1.54, 1.807) is 25.1 Å². The molecular weight excluding hydrogens is 304 g/mol. The van der Waals surface area contributed by atoms with Crippen LogP contribution in [0, 0.1) is 0 Å². The first kappa shape index (κ1) is 16.0. The molecule has 0 atom stereocenters. The summed E-state index contributed by atoms with van der Waals surface area (Å²) in [5.41, 5.74) is 0.894. The van der Waals surface area contributed by atoms with Gasteiger partial charge < -0.3 is 9.84 Å². The Balaban J connectivity index is 2.20. The van der Waals surface area contributed by atoms with Crippen LogP contribution >= 0.6 is 0 Å². The molecular formula is C16H16O5S. The SMILES string of the molecule is CC1=CC(=O)/C(=C(O)/C=C/c2ccc(S(C)(=O)=O)cc2)CO1. The molecule has 1 heterocycles. The number of ether oxygens (including phenoxy) is 1. The number of hydrogen-bond acceptors (Lipinski definition) is 5. The summed E-state index contributed by atoms with van der Waals surface area (Å²) in [6.45, 7) is 1.70. The second-order valence-electron chi connectivity index (χ2n) is 4.95. The number of allylic oxidation sites excluding steroid dienone is 3. The third-order valence-corrected chi connectivity index (χ3v) is 4.26. The quantitative estimate of drug-likeness (QED) is 0.683. The van der Waals surface area contributed by atoms with Gasteiger partial charge in [0.15, 0.2) is 15.6 Å². The fourth-order valence-electron chi connectivity index (χ4n) is 1.87. The largest absolute Gasteiger partial charge is 0.507 e. The van der Waals surface area contributed by atoms with Gasteiger partial charge in [-0.25, -0.2) is 8.42 Å². The maximum atomic E-state index is 11.7. The van der Waals surface area contributed by atoms with Crippen LogP contribution in [0.4, 0.5) is 0 Å². The van der Waals surface area contributed by atoms with E-state index in [9.17, 15) is 18.3 Å². The third kappa shape index (κ3) is 3.85. The summed E-state index contributed by atoms with van der Waals surface area (Å²) in [5, 5.41) is 9.94. The van der Waals surface area contributed by atoms with E-state index in [0.717, 1.165) is 6.26 Å². The number of ketones is 1. The van der Waals surface area contributed by atoms with Gasteiger partial charge in [0.25, 0.3) is 0 Å². The molecule has 1 aromatic rings. The highest BCUT2D eigenvalue weighted by molar-refractivity contribution is 7.90. The first-order valence-electron chi connectivity index (χ1n) is 6.53. The Morgan fingerprint density at radius 2 is 1.91 bits per heavy atom. The standard InChI is InChI=1S/C16H16O5S/c1-11-9-16(18)14(10-21-11)15(17)8-5-12-3-6-13(7-4-12)22(2,19)20/h3-9,17H,10H2,1-2H3/b8-5+,15-14-. The molecule has 6 heteroatoms. The van der Waals surface area contributed by atoms with E-state index in [1.807, 2.05) is 0 Å². The zero-order chi connectivity index (χ0) is 16.3. The van der Waals surface area contributed by atoms with Crippen LogP contribution in [0.15, 0.2) is 58.4 Å². The van der Waals surface area contributed by atoms with Gasteiger partial charge in [-0.3, -0.25) is 4.79 Å². The van der Waals surface area contributed by atoms with Crippen LogP contribution in [0.1, 0.15) is 12.5 Å². The Bertz CT molecular complexity index is 780. The van der Waals surface area contributed by atoms with Crippen molar-refractivity contribution < 1.29 is 23.1 Å². The molecule has 116 valence electrons. The maximum absolute atomic E-state index is 11.7. The Labute approximate surface area is 129 Å². The van der Waals surface area contributed by atoms with Gasteiger partial charge in [-0.2, -0.15) is 0 Å². The molecule has 0 unspecified atom stereocenters. The summed E-state index contributed by atoms with van der Waals surface area (Å²) in [6.07, 6.45) is 5.44. The highest BCUT2D eigenvalue weighted by Crippen LogP contribution is 2.17. The number of hydrogen-bond donors (Lipinski definition) is 1. The molecule has 0 saturated carbocycles. The second-order valence-corrected chi connectivity index (χ2v) is 6.96. The minimum Gasteiger partial charge on any atom is -0.507 e. The van der Waals surface area contributed by atoms with E-state index in [2.05, 4.69) is 0 Å². The molecule has 1 aromatic carbocycles. The van der Waals surface area contributed by atoms with Gasteiger partial charge >= 0.3 is 0 Å². The minimum absolute atomic E-state index is 0.0321. The van der Waals surface area contributed by atoms with Gasteiger partial charge in [0.05, 0.1) is 16.2 Å². The number of carbonyl (C=O) groups excluding carboxylic acids is 1. The topological polar surface area (TPSA) is 80.7 Å². The van der Waals surface area contributed by atoms with Gasteiger partial charge in [-0.05, 0) is 30.7 Å². The number of aliphatic hydroxyl groups excluding tert-OH is 1. The number of sulfone groups is 1. The fraction of sp³-hybridized carbons (Fsp3) is 0.188. The van der Waals surface area contributed by atoms with Gasteiger partial charge in [0, 0.05) is 12.3 Å². The Morgan fingerprint density at radius 3 is 2.45 bits per heavy atom. The van der Waals surface area contributed by atoms with E-state index in [0.29, 0.717) is 11.3 Å². The van der Waals surface area contributed by atoms with Crippen LogP contribution in [-0.4, -0.2) is 32.2 Å². The summed E-state index contributed by atoms with van der Waals surface area (Å²) < 4.78 is 27.9. The van der Waals surface area contributed by atoms with Gasteiger partial charge in [0.2, 0.25) is 0 Å². The smallest absolute Gasteiger partial charge is 0.192 e. The van der Waals surface area contributed by atoms with E-state index >= 15 is 0 Å². The second kappa shape index (κ2) is 6.19. The summed E-state index contributed by atoms with van der Waals surface area (Å²) >= 11 is 0. The Kier molecular flexibility index (Phi) is 4.51. The number of rotatable bonds is 3. The molecule has 0 aromatic heterocycles. The van der Waals surface area contributed by atoms with Crippen LogP contribution in [0.2, 0.25) is 0 Å². The molecule has 22 heavy (non-hydrogen) atoms. The maximum Gasteiger partial charge on any atom is 0.192 e. The number of carbonyl (C=O) groups is 1. The minimum atomic E-state index is -3.23. The van der Waals surface area contributed by atoms with E-state index in [4.69, 9.17) is 4.74 Å². The fourth-order valence-corrected chi connectivity index (χ4v) is 2.50. The van der Waals surface area contributed by atoms with Gasteiger partial charge in [0.1, 0.15) is 12.4 Å². The predicted octanol–water partition coefficient (Wildman–Crippen LogP) is 2.42. The summed E-state index contributed by atoms with van der Waals surface area (Å²) in [7, 11) is -3.23. The van der Waals surface area contributed by atoms with Crippen molar-refractivity contribution in [2.45, 2.75) is 11.8 Å². The molecule has 1 aliphatic rings. The monoisotopic (exact) mass is 320 g/mol. The van der Waals surface area contributed by atoms with Gasteiger partial charge in [-0.15, -0.1) is 0 Å². The summed E-state index contributed by atoms with van der Waals surface area (Å²) in [4.78, 5) is 12.0. The molecule has 1 aliphatic heterocycles. The third-order valence-electron chi connectivity index (χ3n) is 3.13. The zero-order valence-corrected chi connectivity index (χ0v) is 13.1. The van der Waals surface area contributed by atoms with Crippen LogP contribution in [0.25, 0.3) is 6.08 Å². The molecule has 0 radical (unpaired) electrons. The van der Waals surface area contributed by atoms with Crippen molar-refractivity contribution in [1.82, 2.24) is 0 Å². The zero-order valence-electron chi connectivity index (χ0n) is 12.2. The van der Waals surface area contributed by atoms with Crippen molar-refractivity contribution in [1.29, 1.82) is 0 Å². The van der Waals surface area contributed by atoms with E-state index in [-0.39, 0.29) is 28.6 Å². The Hall–Kier alpha value is -2.34. The number of aliphatic hydroxyl groups is 1. The lowest BCUT2D eigenvalue weighted by atomic mass is 10.1. The van der Waals surface area contributed by atoms with Crippen molar-refractivity contribution in [2.75, 3.05) is 12.9 Å². The lowest BCUT2D eigenvalue weighted by molar-refractivity contribution is -0.112. The Morgan fingerprint density at radius 1 is 1.27 bits per heavy atom. The van der Waals surface area contributed by atoms with E-state index < -0.39 is 9.84 Å². The first-order chi connectivity index (χ1) is 10.3. The predicted molar refractivity (Wildman–Crippen MR) is 83.0 cm³/mol. The van der Waals surface area contributed by atoms with Crippen LogP contribution < -0.4 is 0 Å². The van der Waals surface area contributed by atoms with Crippen LogP contribution in [0.5, 0.6) is 0 Å². The van der Waals surface area contributed by atoms with Crippen LogP contribution in [0.3, 0.4) is 0 Å². The molecule has 0 saturated heterocycles. The van der Waals surface area contributed by atoms with Gasteiger partial charge in [-0.1, -0.05) is 18.2 Å². The normalized spacial score (nSPS) is 18.1. The number of benzene rings is 1. The molecule has 5 nitrogen and oxygen atoms in total. The van der Waals surface area contributed by atoms with Crippen LogP contribution in [-0.2, 0) is 19.4 Å². The summed E-state index contributed by atoms with van der Waals surface area (Å²) in [6, 6.07) is 6.21. The molecule has 0 fully saturated rings. The molecule has 0 aliphatic carbocycles. The highest BCUT2D eigenvalue weighted by atomic mass is 32.2. The first-order valence-corrected chi connectivity index (χ1v) is 8.42. The average Bonchev–Trinajstić information content (AvgIpc) is 2.44. The molecule has 2 rings (SSSR count). The van der Waals surface area contributed by atoms with Crippen molar-refractivity contribution in [3.8, 4) is 0 Å².